The summed E-state index contributed by atoms with van der Waals surface area (Å²) in [7, 11) is -3.23. The third kappa shape index (κ3) is 5.85. The van der Waals surface area contributed by atoms with E-state index in [1.165, 1.54) is 24.9 Å². The third-order valence-corrected chi connectivity index (χ3v) is 6.28. The molecular formula is C21H28N2O2S. The number of hydrogen-bond donors (Lipinski definition) is 1. The summed E-state index contributed by atoms with van der Waals surface area (Å²) in [5.74, 6) is 0.130. The lowest BCUT2D eigenvalue weighted by Crippen LogP contribution is -2.29. The van der Waals surface area contributed by atoms with Crippen LogP contribution in [0.1, 0.15) is 30.4 Å². The van der Waals surface area contributed by atoms with Crippen molar-refractivity contribution in [1.29, 1.82) is 0 Å². The van der Waals surface area contributed by atoms with Crippen molar-refractivity contribution in [3.05, 3.63) is 65.7 Å². The van der Waals surface area contributed by atoms with Crippen LogP contribution in [0.3, 0.4) is 0 Å². The van der Waals surface area contributed by atoms with Crippen LogP contribution in [0.25, 0.3) is 0 Å². The zero-order valence-corrected chi connectivity index (χ0v) is 16.0. The summed E-state index contributed by atoms with van der Waals surface area (Å²) in [6.07, 6.45) is 5.13. The summed E-state index contributed by atoms with van der Waals surface area (Å²) in [5, 5.41) is 0. The number of anilines is 1. The minimum Gasteiger partial charge on any atom is -0.372 e. The summed E-state index contributed by atoms with van der Waals surface area (Å²) in [6, 6.07) is 18.3. The van der Waals surface area contributed by atoms with Crippen molar-refractivity contribution in [3.63, 3.8) is 0 Å². The average Bonchev–Trinajstić information content (AvgIpc) is 2.68. The highest BCUT2D eigenvalue weighted by Crippen LogP contribution is 2.20. The van der Waals surface area contributed by atoms with Gasteiger partial charge in [0.2, 0.25) is 10.0 Å². The zero-order valence-electron chi connectivity index (χ0n) is 15.2. The molecule has 1 fully saturated rings. The number of nitrogens with one attached hydrogen (secondary N) is 1. The molecule has 0 bridgehead atoms. The van der Waals surface area contributed by atoms with Gasteiger partial charge in [-0.05, 0) is 55.4 Å². The van der Waals surface area contributed by atoms with E-state index in [-0.39, 0.29) is 5.75 Å². The summed E-state index contributed by atoms with van der Waals surface area (Å²) < 4.78 is 27.0. The molecular weight excluding hydrogens is 344 g/mol. The van der Waals surface area contributed by atoms with E-state index in [0.717, 1.165) is 24.2 Å². The Kier molecular flexibility index (Phi) is 6.69. The van der Waals surface area contributed by atoms with Crippen molar-refractivity contribution in [2.75, 3.05) is 30.3 Å². The molecule has 0 amide bonds. The second-order valence-corrected chi connectivity index (χ2v) is 8.84. The predicted molar refractivity (Wildman–Crippen MR) is 108 cm³/mol. The Balaban J connectivity index is 1.43. The standard InChI is InChI=1S/C21H28N2O2S/c24-26(25,18-14-19-7-3-1-4-8-19)22-15-13-20-9-11-21(12-10-20)23-16-5-2-6-17-23/h1,3-4,7-12,22H,2,5-6,13-18H2. The summed E-state index contributed by atoms with van der Waals surface area (Å²) in [5.41, 5.74) is 3.49. The number of sulfonamides is 1. The molecule has 1 saturated heterocycles. The van der Waals surface area contributed by atoms with Crippen LogP contribution in [-0.2, 0) is 22.9 Å². The van der Waals surface area contributed by atoms with E-state index in [9.17, 15) is 8.42 Å². The highest BCUT2D eigenvalue weighted by molar-refractivity contribution is 7.89. The molecule has 4 nitrogen and oxygen atoms in total. The van der Waals surface area contributed by atoms with Crippen molar-refractivity contribution < 1.29 is 8.42 Å². The quantitative estimate of drug-likeness (QED) is 0.773. The average molecular weight is 373 g/mol. The molecule has 3 rings (SSSR count). The summed E-state index contributed by atoms with van der Waals surface area (Å²) in [4.78, 5) is 2.43. The second-order valence-electron chi connectivity index (χ2n) is 6.91. The topological polar surface area (TPSA) is 49.4 Å². The first-order valence-corrected chi connectivity index (χ1v) is 11.1. The van der Waals surface area contributed by atoms with Crippen molar-refractivity contribution in [2.24, 2.45) is 0 Å². The van der Waals surface area contributed by atoms with Crippen molar-refractivity contribution >= 4 is 15.7 Å². The number of hydrogen-bond acceptors (Lipinski definition) is 3. The lowest BCUT2D eigenvalue weighted by molar-refractivity contribution is 0.577. The first-order valence-electron chi connectivity index (χ1n) is 9.47. The van der Waals surface area contributed by atoms with E-state index in [4.69, 9.17) is 0 Å². The van der Waals surface area contributed by atoms with E-state index in [0.29, 0.717) is 19.4 Å². The summed E-state index contributed by atoms with van der Waals surface area (Å²) in [6.45, 7) is 2.72. The molecule has 0 aromatic heterocycles. The van der Waals surface area contributed by atoms with Crippen LogP contribution >= 0.6 is 0 Å². The maximum Gasteiger partial charge on any atom is 0.211 e. The Bertz CT molecular complexity index is 767. The van der Waals surface area contributed by atoms with Gasteiger partial charge in [0.15, 0.2) is 0 Å². The molecule has 5 heteroatoms. The van der Waals surface area contributed by atoms with Gasteiger partial charge in [0.1, 0.15) is 0 Å². The first kappa shape index (κ1) is 18.9. The van der Waals surface area contributed by atoms with Gasteiger partial charge in [0.25, 0.3) is 0 Å². The molecule has 0 aliphatic carbocycles. The molecule has 1 aliphatic rings. The fraction of sp³-hybridized carbons (Fsp3) is 0.429. The number of piperidine rings is 1. The molecule has 1 N–H and O–H groups in total. The Morgan fingerprint density at radius 1 is 0.808 bits per heavy atom. The molecule has 26 heavy (non-hydrogen) atoms. The van der Waals surface area contributed by atoms with Gasteiger partial charge in [0, 0.05) is 25.3 Å². The van der Waals surface area contributed by atoms with Gasteiger partial charge in [-0.1, -0.05) is 42.5 Å². The molecule has 0 atom stereocenters. The molecule has 2 aromatic carbocycles. The van der Waals surface area contributed by atoms with E-state index in [1.54, 1.807) is 0 Å². The fourth-order valence-electron chi connectivity index (χ4n) is 3.35. The van der Waals surface area contributed by atoms with E-state index in [1.807, 2.05) is 30.3 Å². The number of aryl methyl sites for hydroxylation is 1. The molecule has 0 saturated carbocycles. The first-order chi connectivity index (χ1) is 12.6. The van der Waals surface area contributed by atoms with Gasteiger partial charge in [-0.15, -0.1) is 0 Å². The Morgan fingerprint density at radius 2 is 1.46 bits per heavy atom. The van der Waals surface area contributed by atoms with Crippen LogP contribution in [0.15, 0.2) is 54.6 Å². The molecule has 2 aromatic rings. The molecule has 0 radical (unpaired) electrons. The van der Waals surface area contributed by atoms with E-state index in [2.05, 4.69) is 33.9 Å². The molecule has 1 aliphatic heterocycles. The van der Waals surface area contributed by atoms with Gasteiger partial charge in [0.05, 0.1) is 5.75 Å². The number of benzene rings is 2. The van der Waals surface area contributed by atoms with Gasteiger partial charge in [-0.2, -0.15) is 0 Å². The van der Waals surface area contributed by atoms with Gasteiger partial charge < -0.3 is 4.90 Å². The van der Waals surface area contributed by atoms with Crippen LogP contribution in [0.5, 0.6) is 0 Å². The monoisotopic (exact) mass is 372 g/mol. The largest absolute Gasteiger partial charge is 0.372 e. The number of nitrogens with zero attached hydrogens (tertiary/aromatic N) is 1. The predicted octanol–water partition coefficient (Wildman–Crippen LogP) is 3.38. The lowest BCUT2D eigenvalue weighted by atomic mass is 10.1. The van der Waals surface area contributed by atoms with E-state index < -0.39 is 10.0 Å². The lowest BCUT2D eigenvalue weighted by Gasteiger charge is -2.28. The highest BCUT2D eigenvalue weighted by atomic mass is 32.2. The Hall–Kier alpha value is -1.85. The molecule has 0 spiro atoms. The maximum atomic E-state index is 12.1. The smallest absolute Gasteiger partial charge is 0.211 e. The van der Waals surface area contributed by atoms with Gasteiger partial charge in [-0.3, -0.25) is 0 Å². The Labute approximate surface area is 157 Å². The zero-order chi connectivity index (χ0) is 18.2. The van der Waals surface area contributed by atoms with Crippen molar-refractivity contribution in [3.8, 4) is 0 Å². The Morgan fingerprint density at radius 3 is 2.15 bits per heavy atom. The molecule has 1 heterocycles. The van der Waals surface area contributed by atoms with Crippen LogP contribution in [-0.4, -0.2) is 33.8 Å². The number of rotatable bonds is 8. The molecule has 0 unspecified atom stereocenters. The van der Waals surface area contributed by atoms with Crippen LogP contribution < -0.4 is 9.62 Å². The molecule has 140 valence electrons. The van der Waals surface area contributed by atoms with Gasteiger partial charge in [-0.25, -0.2) is 13.1 Å². The van der Waals surface area contributed by atoms with Crippen molar-refractivity contribution in [1.82, 2.24) is 4.72 Å². The van der Waals surface area contributed by atoms with Crippen molar-refractivity contribution in [2.45, 2.75) is 32.1 Å². The normalized spacial score (nSPS) is 15.2. The van der Waals surface area contributed by atoms with Gasteiger partial charge >= 0.3 is 0 Å². The second kappa shape index (κ2) is 9.19. The maximum absolute atomic E-state index is 12.1. The summed E-state index contributed by atoms with van der Waals surface area (Å²) >= 11 is 0. The fourth-order valence-corrected chi connectivity index (χ4v) is 4.41. The van der Waals surface area contributed by atoms with Crippen LogP contribution in [0.2, 0.25) is 0 Å². The van der Waals surface area contributed by atoms with Crippen LogP contribution in [0.4, 0.5) is 5.69 Å². The minimum absolute atomic E-state index is 0.130. The highest BCUT2D eigenvalue weighted by Gasteiger charge is 2.12. The third-order valence-electron chi connectivity index (χ3n) is 4.90. The SMILES string of the molecule is O=S(=O)(CCc1ccccc1)NCCc1ccc(N2CCCCC2)cc1. The van der Waals surface area contributed by atoms with Crippen LogP contribution in [0, 0.1) is 0 Å². The van der Waals surface area contributed by atoms with E-state index >= 15 is 0 Å². The minimum atomic E-state index is -3.23.